The van der Waals surface area contributed by atoms with E-state index < -0.39 is 0 Å². The van der Waals surface area contributed by atoms with E-state index in [0.717, 1.165) is 43.5 Å². The van der Waals surface area contributed by atoms with Crippen LogP contribution < -0.4 is 11.1 Å². The molecule has 0 bridgehead atoms. The molecule has 0 spiro atoms. The van der Waals surface area contributed by atoms with Crippen LogP contribution in [0.3, 0.4) is 0 Å². The molecule has 0 radical (unpaired) electrons. The lowest BCUT2D eigenvalue weighted by Crippen LogP contribution is -2.37. The van der Waals surface area contributed by atoms with Gasteiger partial charge < -0.3 is 16.0 Å². The van der Waals surface area contributed by atoms with Crippen molar-refractivity contribution >= 4 is 23.4 Å². The molecule has 3 aromatic heterocycles. The minimum absolute atomic E-state index is 0.0418. The van der Waals surface area contributed by atoms with Gasteiger partial charge in [0.15, 0.2) is 5.65 Å². The molecule has 1 unspecified atom stereocenters. The zero-order chi connectivity index (χ0) is 22.1. The number of hydrogen-bond donors (Lipinski definition) is 2. The van der Waals surface area contributed by atoms with Gasteiger partial charge in [-0.1, -0.05) is 6.92 Å². The molecular weight excluding hydrogens is 396 g/mol. The first-order valence-electron chi connectivity index (χ1n) is 10.6. The van der Waals surface area contributed by atoms with Crippen molar-refractivity contribution in [2.75, 3.05) is 18.8 Å². The molecule has 1 fully saturated rings. The van der Waals surface area contributed by atoms with E-state index in [0.29, 0.717) is 11.2 Å². The van der Waals surface area contributed by atoms with Crippen LogP contribution in [0.25, 0.3) is 16.8 Å². The fourth-order valence-corrected chi connectivity index (χ4v) is 3.86. The maximum Gasteiger partial charge on any atom is 0.255 e. The predicted octanol–water partition coefficient (Wildman–Crippen LogP) is 1.89. The summed E-state index contributed by atoms with van der Waals surface area (Å²) in [6, 6.07) is 2.09. The number of nitrogens with one attached hydrogen (secondary N) is 1. The SMILES string of the molecule is CCC(C)NC(=O)c1cc(-c2cnn(C3CCN(C(C)=O)CC3)c2)cn2nc(N)nc12. The Hall–Kier alpha value is -3.43. The van der Waals surface area contributed by atoms with Crippen LogP contribution in [0.1, 0.15) is 56.4 Å². The lowest BCUT2D eigenvalue weighted by Gasteiger charge is -2.31. The van der Waals surface area contributed by atoms with Crippen LogP contribution in [0.2, 0.25) is 0 Å². The Labute approximate surface area is 180 Å². The molecule has 4 rings (SSSR count). The minimum Gasteiger partial charge on any atom is -0.366 e. The molecule has 0 aromatic carbocycles. The van der Waals surface area contributed by atoms with E-state index in [9.17, 15) is 9.59 Å². The summed E-state index contributed by atoms with van der Waals surface area (Å²) >= 11 is 0. The number of aromatic nitrogens is 5. The van der Waals surface area contributed by atoms with E-state index in [2.05, 4.69) is 20.5 Å². The summed E-state index contributed by atoms with van der Waals surface area (Å²) in [5.74, 6) is 0.0171. The highest BCUT2D eigenvalue weighted by Gasteiger charge is 2.23. The van der Waals surface area contributed by atoms with Crippen molar-refractivity contribution in [3.8, 4) is 11.1 Å². The minimum atomic E-state index is -0.211. The molecule has 164 valence electrons. The van der Waals surface area contributed by atoms with Gasteiger partial charge in [-0.15, -0.1) is 5.10 Å². The molecule has 3 aromatic rings. The molecular formula is C21H28N8O2. The van der Waals surface area contributed by atoms with Crippen molar-refractivity contribution < 1.29 is 9.59 Å². The Morgan fingerprint density at radius 2 is 2.00 bits per heavy atom. The number of nitrogens with zero attached hydrogens (tertiary/aromatic N) is 6. The summed E-state index contributed by atoms with van der Waals surface area (Å²) in [4.78, 5) is 30.5. The van der Waals surface area contributed by atoms with E-state index >= 15 is 0 Å². The molecule has 2 amide bonds. The summed E-state index contributed by atoms with van der Waals surface area (Å²) in [6.07, 6.45) is 8.12. The Morgan fingerprint density at radius 1 is 1.26 bits per heavy atom. The average Bonchev–Trinajstić information content (AvgIpc) is 3.38. The maximum atomic E-state index is 12.9. The number of fused-ring (bicyclic) bond motifs is 1. The molecule has 3 N–H and O–H groups in total. The van der Waals surface area contributed by atoms with E-state index in [1.165, 1.54) is 0 Å². The van der Waals surface area contributed by atoms with Crippen LogP contribution in [0.15, 0.2) is 24.7 Å². The van der Waals surface area contributed by atoms with Crippen LogP contribution in [0, 0.1) is 0 Å². The first-order valence-corrected chi connectivity index (χ1v) is 10.6. The standard InChI is InChI=1S/C21H28N8O2/c1-4-13(2)24-20(31)18-9-15(11-29-19(18)25-21(22)26-29)16-10-23-28(12-16)17-5-7-27(8-6-17)14(3)30/h9-13,17H,4-8H2,1-3H3,(H2,22,26)(H,24,31). The maximum absolute atomic E-state index is 12.9. The lowest BCUT2D eigenvalue weighted by atomic mass is 10.0. The predicted molar refractivity (Wildman–Crippen MR) is 116 cm³/mol. The summed E-state index contributed by atoms with van der Waals surface area (Å²) in [5, 5.41) is 11.7. The quantitative estimate of drug-likeness (QED) is 0.645. The number of hydrogen-bond acceptors (Lipinski definition) is 6. The van der Waals surface area contributed by atoms with Crippen molar-refractivity contribution in [2.45, 2.75) is 52.1 Å². The zero-order valence-electron chi connectivity index (χ0n) is 18.1. The highest BCUT2D eigenvalue weighted by Crippen LogP contribution is 2.27. The average molecular weight is 425 g/mol. The smallest absolute Gasteiger partial charge is 0.255 e. The van der Waals surface area contributed by atoms with E-state index in [4.69, 9.17) is 5.73 Å². The number of carbonyl (C=O) groups is 2. The van der Waals surface area contributed by atoms with Crippen molar-refractivity contribution in [3.05, 3.63) is 30.2 Å². The van der Waals surface area contributed by atoms with Gasteiger partial charge >= 0.3 is 0 Å². The van der Waals surface area contributed by atoms with E-state index in [-0.39, 0.29) is 29.8 Å². The Bertz CT molecular complexity index is 1110. The summed E-state index contributed by atoms with van der Waals surface area (Å²) in [6.45, 7) is 7.05. The number of amides is 2. The molecule has 1 aliphatic heterocycles. The largest absolute Gasteiger partial charge is 0.366 e. The van der Waals surface area contributed by atoms with Crippen LogP contribution >= 0.6 is 0 Å². The van der Waals surface area contributed by atoms with Gasteiger partial charge in [0.1, 0.15) is 0 Å². The summed E-state index contributed by atoms with van der Waals surface area (Å²) in [5.41, 5.74) is 8.32. The van der Waals surface area contributed by atoms with Crippen LogP contribution in [0.4, 0.5) is 5.95 Å². The van der Waals surface area contributed by atoms with Crippen molar-refractivity contribution in [1.82, 2.24) is 34.6 Å². The van der Waals surface area contributed by atoms with Crippen LogP contribution in [0.5, 0.6) is 0 Å². The second-order valence-electron chi connectivity index (χ2n) is 8.11. The first kappa shape index (κ1) is 20.8. The molecule has 0 saturated carbocycles. The number of anilines is 1. The van der Waals surface area contributed by atoms with Crippen molar-refractivity contribution in [1.29, 1.82) is 0 Å². The highest BCUT2D eigenvalue weighted by atomic mass is 16.2. The second kappa shape index (κ2) is 8.37. The zero-order valence-corrected chi connectivity index (χ0v) is 18.1. The number of rotatable bonds is 5. The van der Waals surface area contributed by atoms with Gasteiger partial charge in [0.25, 0.3) is 5.91 Å². The molecule has 10 nitrogen and oxygen atoms in total. The van der Waals surface area contributed by atoms with Crippen molar-refractivity contribution in [3.63, 3.8) is 0 Å². The fraction of sp³-hybridized carbons (Fsp3) is 0.476. The van der Waals surface area contributed by atoms with Gasteiger partial charge in [-0.25, -0.2) is 4.52 Å². The molecule has 10 heteroatoms. The number of pyridine rings is 1. The molecule has 1 saturated heterocycles. The second-order valence-corrected chi connectivity index (χ2v) is 8.11. The topological polar surface area (TPSA) is 123 Å². The summed E-state index contributed by atoms with van der Waals surface area (Å²) in [7, 11) is 0. The van der Waals surface area contributed by atoms with Crippen LogP contribution in [-0.2, 0) is 4.79 Å². The molecule has 4 heterocycles. The van der Waals surface area contributed by atoms with E-state index in [1.54, 1.807) is 29.9 Å². The normalized spacial score (nSPS) is 15.9. The number of likely N-dealkylation sites (tertiary alicyclic amines) is 1. The third-order valence-corrected chi connectivity index (χ3v) is 5.90. The Morgan fingerprint density at radius 3 is 2.68 bits per heavy atom. The number of nitrogens with two attached hydrogens (primary N) is 1. The number of carbonyl (C=O) groups excluding carboxylic acids is 2. The lowest BCUT2D eigenvalue weighted by molar-refractivity contribution is -0.130. The molecule has 1 aliphatic rings. The molecule has 31 heavy (non-hydrogen) atoms. The highest BCUT2D eigenvalue weighted by molar-refractivity contribution is 6.01. The Balaban J connectivity index is 1.63. The first-order chi connectivity index (χ1) is 14.9. The van der Waals surface area contributed by atoms with Gasteiger partial charge in [0, 0.05) is 49.6 Å². The summed E-state index contributed by atoms with van der Waals surface area (Å²) < 4.78 is 3.49. The number of nitrogen functional groups attached to an aromatic ring is 1. The van der Waals surface area contributed by atoms with Gasteiger partial charge in [0.05, 0.1) is 17.8 Å². The van der Waals surface area contributed by atoms with Gasteiger partial charge in [-0.2, -0.15) is 10.1 Å². The third kappa shape index (κ3) is 4.23. The molecule has 1 atom stereocenters. The fourth-order valence-electron chi connectivity index (χ4n) is 3.86. The number of piperidine rings is 1. The Kier molecular flexibility index (Phi) is 5.62. The monoisotopic (exact) mass is 424 g/mol. The van der Waals surface area contributed by atoms with Gasteiger partial charge in [-0.05, 0) is 32.3 Å². The van der Waals surface area contributed by atoms with Crippen molar-refractivity contribution in [2.24, 2.45) is 0 Å². The third-order valence-electron chi connectivity index (χ3n) is 5.90. The van der Waals surface area contributed by atoms with Crippen LogP contribution in [-0.4, -0.2) is 60.2 Å². The van der Waals surface area contributed by atoms with E-state index in [1.807, 2.05) is 29.6 Å². The van der Waals surface area contributed by atoms with Gasteiger partial charge in [0.2, 0.25) is 11.9 Å². The molecule has 0 aliphatic carbocycles. The van der Waals surface area contributed by atoms with Gasteiger partial charge in [-0.3, -0.25) is 14.3 Å².